The number of ether oxygens (including phenoxy) is 1. The molecular formula is C9H17NO2. The van der Waals surface area contributed by atoms with Crippen molar-refractivity contribution in [2.24, 2.45) is 5.41 Å². The second-order valence-corrected chi connectivity index (χ2v) is 4.54. The van der Waals surface area contributed by atoms with Crippen LogP contribution in [0.15, 0.2) is 0 Å². The Morgan fingerprint density at radius 3 is 2.75 bits per heavy atom. The summed E-state index contributed by atoms with van der Waals surface area (Å²) < 4.78 is 5.13. The average molecular weight is 171 g/mol. The number of hydrogen-bond donors (Lipinski definition) is 1. The Kier molecular flexibility index (Phi) is 2.73. The summed E-state index contributed by atoms with van der Waals surface area (Å²) in [7, 11) is 0. The summed E-state index contributed by atoms with van der Waals surface area (Å²) in [5.41, 5.74) is 0.249. The van der Waals surface area contributed by atoms with Gasteiger partial charge >= 0.3 is 0 Å². The topological polar surface area (TPSA) is 38.3 Å². The zero-order chi connectivity index (χ0) is 9.19. The van der Waals surface area contributed by atoms with Crippen molar-refractivity contribution in [1.82, 2.24) is 5.32 Å². The summed E-state index contributed by atoms with van der Waals surface area (Å²) in [5.74, 6) is 0.00972. The molecule has 12 heavy (non-hydrogen) atoms. The molecule has 3 nitrogen and oxygen atoms in total. The van der Waals surface area contributed by atoms with Crippen LogP contribution in [-0.2, 0) is 9.53 Å². The molecule has 1 amide bonds. The first-order valence-electron chi connectivity index (χ1n) is 4.34. The van der Waals surface area contributed by atoms with Gasteiger partial charge in [-0.15, -0.1) is 0 Å². The molecule has 0 aromatic rings. The minimum absolute atomic E-state index is 0.00972. The second kappa shape index (κ2) is 3.44. The molecule has 0 unspecified atom stereocenters. The van der Waals surface area contributed by atoms with Gasteiger partial charge in [0.05, 0.1) is 12.6 Å². The molecule has 1 aliphatic rings. The zero-order valence-electron chi connectivity index (χ0n) is 8.02. The second-order valence-electron chi connectivity index (χ2n) is 4.54. The lowest BCUT2D eigenvalue weighted by molar-refractivity contribution is -0.131. The van der Waals surface area contributed by atoms with E-state index in [2.05, 4.69) is 26.1 Å². The van der Waals surface area contributed by atoms with Gasteiger partial charge in [-0.1, -0.05) is 20.8 Å². The molecule has 0 bridgehead atoms. The first-order chi connectivity index (χ1) is 5.47. The first-order valence-corrected chi connectivity index (χ1v) is 4.34. The maximum atomic E-state index is 10.9. The number of carbonyl (C=O) groups excluding carboxylic acids is 1. The van der Waals surface area contributed by atoms with Crippen molar-refractivity contribution in [3.05, 3.63) is 0 Å². The molecule has 1 atom stereocenters. The van der Waals surface area contributed by atoms with Gasteiger partial charge in [0.2, 0.25) is 5.91 Å². The molecule has 0 radical (unpaired) electrons. The Morgan fingerprint density at radius 2 is 2.25 bits per heavy atom. The van der Waals surface area contributed by atoms with Gasteiger partial charge < -0.3 is 10.1 Å². The molecule has 3 heteroatoms. The summed E-state index contributed by atoms with van der Waals surface area (Å²) in [6.45, 7) is 7.36. The van der Waals surface area contributed by atoms with Crippen LogP contribution in [0.25, 0.3) is 0 Å². The number of rotatable bonds is 1. The molecule has 1 aliphatic heterocycles. The largest absolute Gasteiger partial charge is 0.370 e. The summed E-state index contributed by atoms with van der Waals surface area (Å²) in [5, 5.41) is 2.91. The molecule has 1 heterocycles. The Labute approximate surface area is 73.5 Å². The quantitative estimate of drug-likeness (QED) is 0.637. The van der Waals surface area contributed by atoms with Crippen molar-refractivity contribution in [3.63, 3.8) is 0 Å². The van der Waals surface area contributed by atoms with Gasteiger partial charge in [0, 0.05) is 0 Å². The molecule has 0 aromatic heterocycles. The smallest absolute Gasteiger partial charge is 0.246 e. The van der Waals surface area contributed by atoms with Crippen LogP contribution in [0, 0.1) is 5.41 Å². The van der Waals surface area contributed by atoms with Crippen molar-refractivity contribution in [3.8, 4) is 0 Å². The molecular weight excluding hydrogens is 154 g/mol. The van der Waals surface area contributed by atoms with E-state index in [1.165, 1.54) is 0 Å². The van der Waals surface area contributed by atoms with E-state index in [0.717, 1.165) is 6.42 Å². The molecule has 1 N–H and O–H groups in total. The maximum absolute atomic E-state index is 10.9. The van der Waals surface area contributed by atoms with E-state index < -0.39 is 0 Å². The maximum Gasteiger partial charge on any atom is 0.246 e. The summed E-state index contributed by atoms with van der Waals surface area (Å²) in [4.78, 5) is 10.9. The third kappa shape index (κ3) is 3.22. The van der Waals surface area contributed by atoms with E-state index in [0.29, 0.717) is 6.61 Å². The highest BCUT2D eigenvalue weighted by Gasteiger charge is 2.23. The summed E-state index contributed by atoms with van der Waals surface area (Å²) in [6.07, 6.45) is 0.971. The molecule has 1 saturated heterocycles. The lowest BCUT2D eigenvalue weighted by Crippen LogP contribution is -2.47. The number of nitrogens with one attached hydrogen (secondary N) is 1. The van der Waals surface area contributed by atoms with Gasteiger partial charge in [-0.25, -0.2) is 0 Å². The Bertz CT molecular complexity index is 172. The molecule has 0 saturated carbocycles. The van der Waals surface area contributed by atoms with E-state index in [1.807, 2.05) is 0 Å². The van der Waals surface area contributed by atoms with Gasteiger partial charge in [-0.3, -0.25) is 4.79 Å². The Morgan fingerprint density at radius 1 is 1.58 bits per heavy atom. The number of morpholine rings is 1. The fraction of sp³-hybridized carbons (Fsp3) is 0.889. The zero-order valence-corrected chi connectivity index (χ0v) is 8.02. The number of amides is 1. The van der Waals surface area contributed by atoms with E-state index in [4.69, 9.17) is 4.74 Å². The van der Waals surface area contributed by atoms with Gasteiger partial charge in [-0.2, -0.15) is 0 Å². The van der Waals surface area contributed by atoms with Crippen LogP contribution >= 0.6 is 0 Å². The minimum Gasteiger partial charge on any atom is -0.370 e. The lowest BCUT2D eigenvalue weighted by Gasteiger charge is -2.29. The molecule has 0 aromatic carbocycles. The fourth-order valence-corrected chi connectivity index (χ4v) is 1.45. The predicted molar refractivity (Wildman–Crippen MR) is 46.8 cm³/mol. The summed E-state index contributed by atoms with van der Waals surface area (Å²) >= 11 is 0. The van der Waals surface area contributed by atoms with Crippen LogP contribution in [0.3, 0.4) is 0 Å². The van der Waals surface area contributed by atoms with Crippen LogP contribution in [0.2, 0.25) is 0 Å². The van der Waals surface area contributed by atoms with Crippen LogP contribution in [0.4, 0.5) is 0 Å². The average Bonchev–Trinajstić information content (AvgIpc) is 1.82. The van der Waals surface area contributed by atoms with Crippen LogP contribution in [0.5, 0.6) is 0 Å². The van der Waals surface area contributed by atoms with Crippen molar-refractivity contribution in [2.75, 3.05) is 13.2 Å². The van der Waals surface area contributed by atoms with Gasteiger partial charge in [0.15, 0.2) is 0 Å². The van der Waals surface area contributed by atoms with Gasteiger partial charge in [0.1, 0.15) is 6.61 Å². The van der Waals surface area contributed by atoms with Crippen molar-refractivity contribution in [2.45, 2.75) is 33.2 Å². The van der Waals surface area contributed by atoms with Gasteiger partial charge in [-0.05, 0) is 11.8 Å². The highest BCUT2D eigenvalue weighted by atomic mass is 16.5. The lowest BCUT2D eigenvalue weighted by atomic mass is 9.88. The number of carbonyl (C=O) groups is 1. The van der Waals surface area contributed by atoms with E-state index in [-0.39, 0.29) is 24.0 Å². The fourth-order valence-electron chi connectivity index (χ4n) is 1.45. The van der Waals surface area contributed by atoms with Crippen LogP contribution < -0.4 is 5.32 Å². The van der Waals surface area contributed by atoms with Crippen molar-refractivity contribution in [1.29, 1.82) is 0 Å². The predicted octanol–water partition coefficient (Wildman–Crippen LogP) is 0.938. The van der Waals surface area contributed by atoms with Gasteiger partial charge in [0.25, 0.3) is 0 Å². The van der Waals surface area contributed by atoms with Crippen molar-refractivity contribution < 1.29 is 9.53 Å². The summed E-state index contributed by atoms with van der Waals surface area (Å²) in [6, 6.07) is 0.200. The monoisotopic (exact) mass is 171 g/mol. The van der Waals surface area contributed by atoms with E-state index in [1.54, 1.807) is 0 Å². The highest BCUT2D eigenvalue weighted by Crippen LogP contribution is 2.21. The van der Waals surface area contributed by atoms with Crippen LogP contribution in [-0.4, -0.2) is 25.2 Å². The molecule has 70 valence electrons. The number of hydrogen-bond acceptors (Lipinski definition) is 2. The van der Waals surface area contributed by atoms with E-state index in [9.17, 15) is 4.79 Å². The minimum atomic E-state index is 0.00972. The molecule has 1 fully saturated rings. The standard InChI is InChI=1S/C9H17NO2/c1-9(2,3)4-7-5-12-6-8(11)10-7/h7H,4-6H2,1-3H3,(H,10,11)/t7-/m0/s1. The van der Waals surface area contributed by atoms with Crippen LogP contribution in [0.1, 0.15) is 27.2 Å². The third-order valence-corrected chi connectivity index (χ3v) is 1.78. The SMILES string of the molecule is CC(C)(C)C[C@H]1COCC(=O)N1. The highest BCUT2D eigenvalue weighted by molar-refractivity contribution is 5.78. The molecule has 0 spiro atoms. The Hall–Kier alpha value is -0.570. The third-order valence-electron chi connectivity index (χ3n) is 1.78. The van der Waals surface area contributed by atoms with E-state index >= 15 is 0 Å². The first kappa shape index (κ1) is 9.52. The molecule has 0 aliphatic carbocycles. The normalized spacial score (nSPS) is 25.2. The van der Waals surface area contributed by atoms with Crippen molar-refractivity contribution >= 4 is 5.91 Å². The Balaban J connectivity index is 2.37. The molecule has 1 rings (SSSR count).